The lowest BCUT2D eigenvalue weighted by atomic mass is 9.98. The number of hydrogen-bond donors (Lipinski definition) is 1. The Kier molecular flexibility index (Phi) is 6.06. The third-order valence-electron chi connectivity index (χ3n) is 6.35. The van der Waals surface area contributed by atoms with Gasteiger partial charge in [-0.25, -0.2) is 9.78 Å². The predicted molar refractivity (Wildman–Crippen MR) is 127 cm³/mol. The number of para-hydroxylation sites is 1. The standard InChI is InChI=1S/C26H22FN3O7/c1-14(31)5-4-8-21(32)28-11-22(33)37-26(27)18-10-20-23-16(9-15-6-2-3-7-19(15)29-23)12-30(20)24(34)17(18)13-36-25(26)35/h2-3,6-7,9-10H,4-5,8,11-13H2,1H3,(H,28,32)/t26-/m0/s1. The zero-order chi connectivity index (χ0) is 26.3. The van der Waals surface area contributed by atoms with E-state index in [9.17, 15) is 24.0 Å². The molecule has 0 fully saturated rings. The maximum absolute atomic E-state index is 16.1. The van der Waals surface area contributed by atoms with Gasteiger partial charge in [-0.2, -0.15) is 4.39 Å². The van der Waals surface area contributed by atoms with Crippen LogP contribution in [0.4, 0.5) is 4.39 Å². The molecule has 11 heteroatoms. The van der Waals surface area contributed by atoms with Crippen LogP contribution in [-0.2, 0) is 47.7 Å². The van der Waals surface area contributed by atoms with Gasteiger partial charge < -0.3 is 24.2 Å². The van der Waals surface area contributed by atoms with Crippen molar-refractivity contribution in [3.63, 3.8) is 0 Å². The number of esters is 2. The predicted octanol–water partition coefficient (Wildman–Crippen LogP) is 2.02. The molecule has 0 spiro atoms. The molecule has 0 radical (unpaired) electrons. The Morgan fingerprint density at radius 3 is 2.76 bits per heavy atom. The van der Waals surface area contributed by atoms with E-state index < -0.39 is 48.0 Å². The molecule has 3 aromatic rings. The van der Waals surface area contributed by atoms with E-state index in [0.717, 1.165) is 10.9 Å². The van der Waals surface area contributed by atoms with E-state index in [1.165, 1.54) is 17.6 Å². The molecule has 1 N–H and O–H groups in total. The van der Waals surface area contributed by atoms with Gasteiger partial charge >= 0.3 is 17.8 Å². The Labute approximate surface area is 209 Å². The molecule has 190 valence electrons. The minimum Gasteiger partial charge on any atom is -0.455 e. The fourth-order valence-electron chi connectivity index (χ4n) is 4.53. The lowest BCUT2D eigenvalue weighted by molar-refractivity contribution is -0.213. The van der Waals surface area contributed by atoms with Gasteiger partial charge in [-0.3, -0.25) is 14.4 Å². The summed E-state index contributed by atoms with van der Waals surface area (Å²) in [5.41, 5.74) is 1.02. The summed E-state index contributed by atoms with van der Waals surface area (Å²) in [6.07, 6.45) is 0.493. The highest BCUT2D eigenvalue weighted by Crippen LogP contribution is 2.40. The first-order valence-electron chi connectivity index (χ1n) is 11.7. The zero-order valence-electron chi connectivity index (χ0n) is 19.8. The van der Waals surface area contributed by atoms with Crippen molar-refractivity contribution in [2.75, 3.05) is 6.54 Å². The molecule has 2 aromatic heterocycles. The molecule has 1 atom stereocenters. The van der Waals surface area contributed by atoms with E-state index in [4.69, 9.17) is 9.47 Å². The number of amides is 1. The average molecular weight is 507 g/mol. The Morgan fingerprint density at radius 2 is 1.97 bits per heavy atom. The number of alkyl halides is 1. The van der Waals surface area contributed by atoms with Crippen LogP contribution in [0.2, 0.25) is 0 Å². The van der Waals surface area contributed by atoms with E-state index in [2.05, 4.69) is 10.3 Å². The molecule has 0 bridgehead atoms. The van der Waals surface area contributed by atoms with Crippen LogP contribution in [0.1, 0.15) is 42.9 Å². The topological polar surface area (TPSA) is 134 Å². The van der Waals surface area contributed by atoms with Crippen molar-refractivity contribution in [1.82, 2.24) is 14.9 Å². The van der Waals surface area contributed by atoms with Crippen molar-refractivity contribution in [1.29, 1.82) is 0 Å². The number of ether oxygens (including phenoxy) is 2. The normalized spacial score (nSPS) is 17.4. The first-order chi connectivity index (χ1) is 17.7. The van der Waals surface area contributed by atoms with Crippen molar-refractivity contribution in [2.24, 2.45) is 0 Å². The van der Waals surface area contributed by atoms with Crippen LogP contribution in [-0.4, -0.2) is 39.7 Å². The highest BCUT2D eigenvalue weighted by Gasteiger charge is 2.52. The Hall–Kier alpha value is -4.41. The summed E-state index contributed by atoms with van der Waals surface area (Å²) >= 11 is 0. The third kappa shape index (κ3) is 4.37. The van der Waals surface area contributed by atoms with Gasteiger partial charge in [-0.1, -0.05) is 18.2 Å². The minimum atomic E-state index is -3.38. The Balaban J connectivity index is 1.43. The Morgan fingerprint density at radius 1 is 1.19 bits per heavy atom. The highest BCUT2D eigenvalue weighted by atomic mass is 19.2. The third-order valence-corrected chi connectivity index (χ3v) is 6.35. The summed E-state index contributed by atoms with van der Waals surface area (Å²) < 4.78 is 27.2. The van der Waals surface area contributed by atoms with Gasteiger partial charge in [0.25, 0.3) is 5.56 Å². The van der Waals surface area contributed by atoms with E-state index in [-0.39, 0.29) is 36.4 Å². The number of fused-ring (bicyclic) bond motifs is 5. The maximum Gasteiger partial charge on any atom is 0.390 e. The molecule has 0 aliphatic carbocycles. The molecule has 0 unspecified atom stereocenters. The van der Waals surface area contributed by atoms with Crippen molar-refractivity contribution in [2.45, 2.75) is 45.2 Å². The van der Waals surface area contributed by atoms with E-state index in [0.29, 0.717) is 17.6 Å². The van der Waals surface area contributed by atoms with Gasteiger partial charge in [-0.05, 0) is 31.5 Å². The lowest BCUT2D eigenvalue weighted by Gasteiger charge is -2.29. The summed E-state index contributed by atoms with van der Waals surface area (Å²) in [5, 5.41) is 3.14. The number of hydrogen-bond acceptors (Lipinski definition) is 8. The number of carbonyl (C=O) groups excluding carboxylic acids is 4. The molecule has 1 amide bonds. The van der Waals surface area contributed by atoms with Crippen molar-refractivity contribution in [3.05, 3.63) is 63.4 Å². The minimum absolute atomic E-state index is 0.0114. The van der Waals surface area contributed by atoms with Gasteiger partial charge in [-0.15, -0.1) is 0 Å². The second-order valence-electron chi connectivity index (χ2n) is 8.98. The summed E-state index contributed by atoms with van der Waals surface area (Å²) in [4.78, 5) is 65.6. The van der Waals surface area contributed by atoms with Crippen LogP contribution in [0.15, 0.2) is 41.2 Å². The second kappa shape index (κ2) is 9.23. The molecule has 10 nitrogen and oxygen atoms in total. The lowest BCUT2D eigenvalue weighted by Crippen LogP contribution is -2.46. The second-order valence-corrected chi connectivity index (χ2v) is 8.98. The van der Waals surface area contributed by atoms with Crippen molar-refractivity contribution >= 4 is 34.5 Å². The summed E-state index contributed by atoms with van der Waals surface area (Å²) in [5.74, 6) is -6.70. The van der Waals surface area contributed by atoms with Crippen LogP contribution < -0.4 is 10.9 Å². The summed E-state index contributed by atoms with van der Waals surface area (Å²) in [6.45, 7) is 0.412. The Bertz CT molecular complexity index is 1550. The monoisotopic (exact) mass is 507 g/mol. The quantitative estimate of drug-likeness (QED) is 0.376. The molecular formula is C26H22FN3O7. The SMILES string of the molecule is CC(=O)CCCC(=O)NCC(=O)O[C@]1(F)C(=O)OCc2c1cc1n(c2=O)Cc2cc3ccccc3nc2-1. The number of rotatable bonds is 7. The van der Waals surface area contributed by atoms with Crippen LogP contribution in [0.25, 0.3) is 22.3 Å². The fraction of sp³-hybridized carbons (Fsp3) is 0.308. The number of benzene rings is 1. The van der Waals surface area contributed by atoms with Crippen LogP contribution in [0, 0.1) is 0 Å². The molecule has 37 heavy (non-hydrogen) atoms. The van der Waals surface area contributed by atoms with Gasteiger partial charge in [0.15, 0.2) is 0 Å². The molecule has 5 rings (SSSR count). The van der Waals surface area contributed by atoms with Crippen LogP contribution in [0.3, 0.4) is 0 Å². The van der Waals surface area contributed by atoms with E-state index in [1.54, 1.807) is 0 Å². The largest absolute Gasteiger partial charge is 0.455 e. The number of Topliss-reactive ketones (excluding diaryl/α,β-unsaturated/α-hetero) is 1. The molecule has 4 heterocycles. The van der Waals surface area contributed by atoms with Crippen molar-refractivity contribution in [3.8, 4) is 11.4 Å². The number of cyclic esters (lactones) is 1. The number of halogens is 1. The summed E-state index contributed by atoms with van der Waals surface area (Å²) in [7, 11) is 0. The number of nitrogens with zero attached hydrogens (tertiary/aromatic N) is 2. The van der Waals surface area contributed by atoms with Gasteiger partial charge in [0.2, 0.25) is 5.91 Å². The number of pyridine rings is 2. The average Bonchev–Trinajstić information content (AvgIpc) is 3.22. The smallest absolute Gasteiger partial charge is 0.390 e. The van der Waals surface area contributed by atoms with Gasteiger partial charge in [0.05, 0.1) is 34.6 Å². The molecule has 2 aliphatic heterocycles. The van der Waals surface area contributed by atoms with Crippen molar-refractivity contribution < 1.29 is 33.0 Å². The zero-order valence-corrected chi connectivity index (χ0v) is 19.8. The molecular weight excluding hydrogens is 485 g/mol. The first kappa shape index (κ1) is 24.3. The molecule has 2 aliphatic rings. The maximum atomic E-state index is 16.1. The fourth-order valence-corrected chi connectivity index (χ4v) is 4.53. The number of nitrogens with one attached hydrogen (secondary N) is 1. The van der Waals surface area contributed by atoms with E-state index in [1.807, 2.05) is 30.3 Å². The molecule has 1 aromatic carbocycles. The first-order valence-corrected chi connectivity index (χ1v) is 11.7. The number of ketones is 1. The molecule has 0 saturated carbocycles. The van der Waals surface area contributed by atoms with Gasteiger partial charge in [0.1, 0.15) is 18.9 Å². The van der Waals surface area contributed by atoms with Gasteiger partial charge in [0, 0.05) is 23.8 Å². The van der Waals surface area contributed by atoms with Crippen LogP contribution in [0.5, 0.6) is 0 Å². The number of aromatic nitrogens is 2. The van der Waals surface area contributed by atoms with Crippen LogP contribution >= 0.6 is 0 Å². The molecule has 0 saturated heterocycles. The highest BCUT2D eigenvalue weighted by molar-refractivity contribution is 5.88. The van der Waals surface area contributed by atoms with E-state index >= 15 is 4.39 Å². The number of carbonyl (C=O) groups is 4. The summed E-state index contributed by atoms with van der Waals surface area (Å²) in [6, 6.07) is 10.6.